The van der Waals surface area contributed by atoms with Crippen molar-refractivity contribution in [1.29, 1.82) is 5.26 Å². The topological polar surface area (TPSA) is 35.8 Å². The molecule has 2 nitrogen and oxygen atoms in total. The second-order valence-corrected chi connectivity index (χ2v) is 4.18. The molecule has 0 saturated heterocycles. The lowest BCUT2D eigenvalue weighted by Gasteiger charge is -2.29. The Bertz CT molecular complexity index is 193. The van der Waals surface area contributed by atoms with Gasteiger partial charge in [-0.2, -0.15) is 5.26 Å². The van der Waals surface area contributed by atoms with Crippen molar-refractivity contribution in [2.75, 3.05) is 0 Å². The molecule has 1 rings (SSSR count). The summed E-state index contributed by atoms with van der Waals surface area (Å²) in [6, 6.07) is 2.86. The van der Waals surface area contributed by atoms with E-state index >= 15 is 0 Å². The highest BCUT2D eigenvalue weighted by Crippen LogP contribution is 2.35. The molecule has 0 aliphatic heterocycles. The smallest absolute Gasteiger partial charge is 0.109 e. The predicted octanol–water partition coefficient (Wildman–Crippen LogP) is 2.07. The molecule has 0 aromatic heterocycles. The number of nitrogens with one attached hydrogen (secondary N) is 1. The molecule has 1 saturated carbocycles. The summed E-state index contributed by atoms with van der Waals surface area (Å²) in [6.07, 6.45) is 3.39. The average Bonchev–Trinajstić information content (AvgIpc) is 2.32. The fourth-order valence-corrected chi connectivity index (χ4v) is 2.11. The van der Waals surface area contributed by atoms with Crippen LogP contribution in [-0.4, -0.2) is 11.6 Å². The van der Waals surface area contributed by atoms with Crippen LogP contribution in [0.1, 0.15) is 40.0 Å². The molecule has 1 fully saturated rings. The van der Waals surface area contributed by atoms with E-state index in [1.807, 2.05) is 0 Å². The zero-order valence-electron chi connectivity index (χ0n) is 8.22. The van der Waals surface area contributed by atoms with Crippen molar-refractivity contribution in [2.24, 2.45) is 5.92 Å². The summed E-state index contributed by atoms with van der Waals surface area (Å²) in [4.78, 5) is 0. The number of nitriles is 1. The number of nitrogens with zero attached hydrogens (tertiary/aromatic N) is 1. The second kappa shape index (κ2) is 3.45. The van der Waals surface area contributed by atoms with Crippen molar-refractivity contribution >= 4 is 0 Å². The first-order valence-electron chi connectivity index (χ1n) is 4.79. The Morgan fingerprint density at radius 3 is 2.58 bits per heavy atom. The Balaban J connectivity index is 2.69. The zero-order valence-corrected chi connectivity index (χ0v) is 8.22. The van der Waals surface area contributed by atoms with Crippen LogP contribution in [0.15, 0.2) is 0 Å². The number of hydrogen-bond donors (Lipinski definition) is 1. The lowest BCUT2D eigenvalue weighted by Crippen LogP contribution is -2.49. The van der Waals surface area contributed by atoms with E-state index in [4.69, 9.17) is 5.26 Å². The van der Waals surface area contributed by atoms with Gasteiger partial charge in [0, 0.05) is 6.04 Å². The minimum Gasteiger partial charge on any atom is -0.297 e. The highest BCUT2D eigenvalue weighted by Gasteiger charge is 2.40. The molecular formula is C10H18N2. The average molecular weight is 166 g/mol. The second-order valence-electron chi connectivity index (χ2n) is 4.18. The van der Waals surface area contributed by atoms with Gasteiger partial charge in [0.2, 0.25) is 0 Å². The predicted molar refractivity (Wildman–Crippen MR) is 49.6 cm³/mol. The molecule has 1 N–H and O–H groups in total. The van der Waals surface area contributed by atoms with Gasteiger partial charge in [-0.05, 0) is 32.6 Å². The van der Waals surface area contributed by atoms with E-state index in [0.29, 0.717) is 12.0 Å². The van der Waals surface area contributed by atoms with Gasteiger partial charge in [0.05, 0.1) is 6.07 Å². The zero-order chi connectivity index (χ0) is 9.19. The van der Waals surface area contributed by atoms with Crippen molar-refractivity contribution < 1.29 is 0 Å². The van der Waals surface area contributed by atoms with Crippen molar-refractivity contribution in [3.63, 3.8) is 0 Å². The maximum absolute atomic E-state index is 9.12. The summed E-state index contributed by atoms with van der Waals surface area (Å²) in [6.45, 7) is 6.37. The molecule has 0 aromatic carbocycles. The summed E-state index contributed by atoms with van der Waals surface area (Å²) >= 11 is 0. The molecule has 0 amide bonds. The van der Waals surface area contributed by atoms with Crippen LogP contribution in [0.2, 0.25) is 0 Å². The van der Waals surface area contributed by atoms with Gasteiger partial charge in [-0.25, -0.2) is 0 Å². The van der Waals surface area contributed by atoms with Crippen LogP contribution < -0.4 is 5.32 Å². The van der Waals surface area contributed by atoms with Gasteiger partial charge >= 0.3 is 0 Å². The maximum atomic E-state index is 9.12. The lowest BCUT2D eigenvalue weighted by atomic mass is 9.89. The third-order valence-electron chi connectivity index (χ3n) is 2.80. The van der Waals surface area contributed by atoms with E-state index in [-0.39, 0.29) is 5.54 Å². The molecule has 0 heterocycles. The lowest BCUT2D eigenvalue weighted by molar-refractivity contribution is 0.312. The van der Waals surface area contributed by atoms with Crippen molar-refractivity contribution in [3.05, 3.63) is 0 Å². The Hall–Kier alpha value is -0.550. The van der Waals surface area contributed by atoms with Crippen LogP contribution in [0.5, 0.6) is 0 Å². The van der Waals surface area contributed by atoms with Gasteiger partial charge in [-0.3, -0.25) is 5.32 Å². The van der Waals surface area contributed by atoms with E-state index in [0.717, 1.165) is 6.42 Å². The monoisotopic (exact) mass is 166 g/mol. The van der Waals surface area contributed by atoms with Gasteiger partial charge in [-0.15, -0.1) is 0 Å². The van der Waals surface area contributed by atoms with Crippen LogP contribution >= 0.6 is 0 Å². The fourth-order valence-electron chi connectivity index (χ4n) is 2.11. The molecule has 0 aromatic rings. The van der Waals surface area contributed by atoms with Crippen LogP contribution in [0.25, 0.3) is 0 Å². The van der Waals surface area contributed by atoms with E-state index in [1.165, 1.54) is 12.8 Å². The number of hydrogen-bond acceptors (Lipinski definition) is 2. The number of rotatable bonds is 2. The van der Waals surface area contributed by atoms with Gasteiger partial charge < -0.3 is 0 Å². The molecule has 2 unspecified atom stereocenters. The molecule has 1 aliphatic rings. The first-order chi connectivity index (χ1) is 5.60. The van der Waals surface area contributed by atoms with Crippen molar-refractivity contribution in [1.82, 2.24) is 5.32 Å². The van der Waals surface area contributed by atoms with Gasteiger partial charge in [0.15, 0.2) is 0 Å². The highest BCUT2D eigenvalue weighted by molar-refractivity contribution is 5.13. The molecule has 0 bridgehead atoms. The molecule has 2 atom stereocenters. The van der Waals surface area contributed by atoms with E-state index < -0.39 is 0 Å². The molecule has 0 radical (unpaired) electrons. The first kappa shape index (κ1) is 9.54. The van der Waals surface area contributed by atoms with Crippen molar-refractivity contribution in [2.45, 2.75) is 51.6 Å². The Kier molecular flexibility index (Phi) is 2.74. The summed E-state index contributed by atoms with van der Waals surface area (Å²) in [5.41, 5.74) is -0.228. The maximum Gasteiger partial charge on any atom is 0.109 e. The minimum atomic E-state index is -0.228. The summed E-state index contributed by atoms with van der Waals surface area (Å²) in [5.74, 6) is 0.505. The minimum absolute atomic E-state index is 0.228. The third-order valence-corrected chi connectivity index (χ3v) is 2.80. The quantitative estimate of drug-likeness (QED) is 0.681. The molecule has 12 heavy (non-hydrogen) atoms. The first-order valence-corrected chi connectivity index (χ1v) is 4.79. The Morgan fingerprint density at radius 1 is 1.58 bits per heavy atom. The van der Waals surface area contributed by atoms with E-state index in [2.05, 4.69) is 32.2 Å². The Labute approximate surface area is 75.0 Å². The van der Waals surface area contributed by atoms with Gasteiger partial charge in [0.1, 0.15) is 5.54 Å². The molecular weight excluding hydrogens is 148 g/mol. The van der Waals surface area contributed by atoms with Crippen LogP contribution in [0.4, 0.5) is 0 Å². The summed E-state index contributed by atoms with van der Waals surface area (Å²) in [5, 5.41) is 12.5. The normalized spacial score (nSPS) is 35.4. The molecule has 68 valence electrons. The molecule has 2 heteroatoms. The standard InChI is InChI=1S/C10H18N2/c1-8(2)12-10(7-11)6-4-5-9(10)3/h8-9,12H,4-6H2,1-3H3. The fraction of sp³-hybridized carbons (Fsp3) is 0.900. The van der Waals surface area contributed by atoms with Gasteiger partial charge in [0.25, 0.3) is 0 Å². The van der Waals surface area contributed by atoms with E-state index in [9.17, 15) is 0 Å². The summed E-state index contributed by atoms with van der Waals surface area (Å²) < 4.78 is 0. The summed E-state index contributed by atoms with van der Waals surface area (Å²) in [7, 11) is 0. The highest BCUT2D eigenvalue weighted by atomic mass is 15.0. The SMILES string of the molecule is CC(C)NC1(C#N)CCCC1C. The van der Waals surface area contributed by atoms with Gasteiger partial charge in [-0.1, -0.05) is 13.3 Å². The molecule has 1 aliphatic carbocycles. The Morgan fingerprint density at radius 2 is 2.25 bits per heavy atom. The van der Waals surface area contributed by atoms with Crippen LogP contribution in [0.3, 0.4) is 0 Å². The largest absolute Gasteiger partial charge is 0.297 e. The third kappa shape index (κ3) is 1.61. The van der Waals surface area contributed by atoms with Crippen LogP contribution in [-0.2, 0) is 0 Å². The van der Waals surface area contributed by atoms with Crippen molar-refractivity contribution in [3.8, 4) is 6.07 Å². The molecule has 0 spiro atoms. The van der Waals surface area contributed by atoms with E-state index in [1.54, 1.807) is 0 Å². The van der Waals surface area contributed by atoms with Crippen LogP contribution in [0, 0.1) is 17.2 Å².